The summed E-state index contributed by atoms with van der Waals surface area (Å²) in [6.07, 6.45) is 0. The van der Waals surface area contributed by atoms with Gasteiger partial charge >= 0.3 is 0 Å². The highest BCUT2D eigenvalue weighted by atomic mass is 16.2. The number of carbonyl (C=O) groups is 1. The Morgan fingerprint density at radius 2 is 2.12 bits per heavy atom. The number of hydrogen-bond acceptors (Lipinski definition) is 2. The summed E-state index contributed by atoms with van der Waals surface area (Å²) in [5, 5.41) is 2.87. The summed E-state index contributed by atoms with van der Waals surface area (Å²) >= 11 is 0. The van der Waals surface area contributed by atoms with E-state index in [-0.39, 0.29) is 5.91 Å². The molecule has 0 radical (unpaired) electrons. The molecule has 1 aromatic rings. The van der Waals surface area contributed by atoms with Crippen LogP contribution in [-0.2, 0) is 4.79 Å². The van der Waals surface area contributed by atoms with Crippen molar-refractivity contribution in [1.82, 2.24) is 5.32 Å². The molecule has 0 aliphatic carbocycles. The summed E-state index contributed by atoms with van der Waals surface area (Å²) in [5.41, 5.74) is 3.84. The Morgan fingerprint density at radius 3 is 2.76 bits per heavy atom. The van der Waals surface area contributed by atoms with Crippen LogP contribution in [0.2, 0.25) is 0 Å². The van der Waals surface area contributed by atoms with Crippen molar-refractivity contribution >= 4 is 11.6 Å². The summed E-state index contributed by atoms with van der Waals surface area (Å²) in [6.45, 7) is 8.63. The lowest BCUT2D eigenvalue weighted by molar-refractivity contribution is -0.120. The maximum Gasteiger partial charge on any atom is 0.239 e. The van der Waals surface area contributed by atoms with Crippen molar-refractivity contribution in [2.24, 2.45) is 0 Å². The molecule has 1 amide bonds. The second kappa shape index (κ2) is 4.78. The van der Waals surface area contributed by atoms with Crippen LogP contribution in [0.4, 0.5) is 5.69 Å². The Labute approximate surface area is 103 Å². The molecule has 1 fully saturated rings. The minimum atomic E-state index is 0.120. The molecular formula is C14H20N2O. The van der Waals surface area contributed by atoms with E-state index in [9.17, 15) is 4.79 Å². The van der Waals surface area contributed by atoms with E-state index < -0.39 is 0 Å². The van der Waals surface area contributed by atoms with Gasteiger partial charge in [0.15, 0.2) is 0 Å². The Morgan fingerprint density at radius 1 is 1.35 bits per heavy atom. The fraction of sp³-hybridized carbons (Fsp3) is 0.500. The number of amides is 1. The number of hydrogen-bond donors (Lipinski definition) is 1. The quantitative estimate of drug-likeness (QED) is 0.846. The lowest BCUT2D eigenvalue weighted by Gasteiger charge is -2.32. The van der Waals surface area contributed by atoms with E-state index in [1.165, 1.54) is 16.8 Å². The molecule has 0 bridgehead atoms. The number of nitrogens with zero attached hydrogens (tertiary/aromatic N) is 1. The number of carbonyl (C=O) groups excluding carboxylic acids is 1. The van der Waals surface area contributed by atoms with Gasteiger partial charge in [-0.3, -0.25) is 4.79 Å². The van der Waals surface area contributed by atoms with Crippen molar-refractivity contribution in [2.45, 2.75) is 26.7 Å². The van der Waals surface area contributed by atoms with E-state index in [4.69, 9.17) is 0 Å². The van der Waals surface area contributed by atoms with Crippen LogP contribution in [0.15, 0.2) is 18.2 Å². The molecule has 0 atom stereocenters. The normalized spacial score (nSPS) is 16.2. The summed E-state index contributed by atoms with van der Waals surface area (Å²) in [4.78, 5) is 13.7. The second-order valence-electron chi connectivity index (χ2n) is 4.94. The summed E-state index contributed by atoms with van der Waals surface area (Å²) in [7, 11) is 0. The summed E-state index contributed by atoms with van der Waals surface area (Å²) in [6, 6.07) is 6.38. The average Bonchev–Trinajstić information content (AvgIpc) is 2.28. The van der Waals surface area contributed by atoms with Gasteiger partial charge in [0.25, 0.3) is 0 Å². The van der Waals surface area contributed by atoms with Crippen molar-refractivity contribution in [3.63, 3.8) is 0 Å². The van der Waals surface area contributed by atoms with E-state index in [2.05, 4.69) is 49.2 Å². The first kappa shape index (κ1) is 12.0. The molecule has 1 N–H and O–H groups in total. The van der Waals surface area contributed by atoms with Gasteiger partial charge in [-0.1, -0.05) is 32.0 Å². The van der Waals surface area contributed by atoms with E-state index in [0.717, 1.165) is 13.1 Å². The van der Waals surface area contributed by atoms with Crippen LogP contribution in [0.25, 0.3) is 0 Å². The molecule has 3 nitrogen and oxygen atoms in total. The summed E-state index contributed by atoms with van der Waals surface area (Å²) < 4.78 is 0. The molecule has 0 spiro atoms. The minimum absolute atomic E-state index is 0.120. The highest BCUT2D eigenvalue weighted by Crippen LogP contribution is 2.30. The Balaban J connectivity index is 2.39. The number of piperazine rings is 1. The van der Waals surface area contributed by atoms with Crippen molar-refractivity contribution in [3.05, 3.63) is 29.3 Å². The van der Waals surface area contributed by atoms with Crippen LogP contribution in [0, 0.1) is 6.92 Å². The molecule has 0 saturated carbocycles. The van der Waals surface area contributed by atoms with Gasteiger partial charge in [-0.05, 0) is 24.0 Å². The highest BCUT2D eigenvalue weighted by molar-refractivity contribution is 5.83. The third-order valence-corrected chi connectivity index (χ3v) is 3.25. The molecule has 17 heavy (non-hydrogen) atoms. The topological polar surface area (TPSA) is 32.3 Å². The zero-order valence-corrected chi connectivity index (χ0v) is 10.8. The van der Waals surface area contributed by atoms with Gasteiger partial charge in [-0.15, -0.1) is 0 Å². The molecule has 1 saturated heterocycles. The van der Waals surface area contributed by atoms with Crippen molar-refractivity contribution in [1.29, 1.82) is 0 Å². The van der Waals surface area contributed by atoms with E-state index >= 15 is 0 Å². The first-order valence-corrected chi connectivity index (χ1v) is 6.20. The van der Waals surface area contributed by atoms with Crippen molar-refractivity contribution < 1.29 is 4.79 Å². The zero-order valence-electron chi connectivity index (χ0n) is 10.8. The number of para-hydroxylation sites is 1. The van der Waals surface area contributed by atoms with Gasteiger partial charge in [0.2, 0.25) is 5.91 Å². The molecule has 1 aromatic carbocycles. The maximum absolute atomic E-state index is 11.5. The first-order chi connectivity index (χ1) is 8.09. The Kier molecular flexibility index (Phi) is 3.36. The smallest absolute Gasteiger partial charge is 0.239 e. The number of anilines is 1. The third kappa shape index (κ3) is 2.43. The maximum atomic E-state index is 11.5. The van der Waals surface area contributed by atoms with E-state index in [1.807, 2.05) is 0 Å². The van der Waals surface area contributed by atoms with Gasteiger partial charge in [0.1, 0.15) is 0 Å². The zero-order chi connectivity index (χ0) is 12.4. The molecule has 1 heterocycles. The molecule has 1 aliphatic rings. The SMILES string of the molecule is Cc1cccc(C(C)C)c1N1CCNC(=O)C1. The fourth-order valence-electron chi connectivity index (χ4n) is 2.41. The van der Waals surface area contributed by atoms with E-state index in [1.54, 1.807) is 0 Å². The fourth-order valence-corrected chi connectivity index (χ4v) is 2.41. The van der Waals surface area contributed by atoms with Crippen LogP contribution in [0.5, 0.6) is 0 Å². The standard InChI is InChI=1S/C14H20N2O/c1-10(2)12-6-4-5-11(3)14(12)16-8-7-15-13(17)9-16/h4-6,10H,7-9H2,1-3H3,(H,15,17). The lowest BCUT2D eigenvalue weighted by atomic mass is 9.97. The van der Waals surface area contributed by atoms with Crippen LogP contribution < -0.4 is 10.2 Å². The average molecular weight is 232 g/mol. The van der Waals surface area contributed by atoms with Crippen molar-refractivity contribution in [2.75, 3.05) is 24.5 Å². The first-order valence-electron chi connectivity index (χ1n) is 6.20. The van der Waals surface area contributed by atoms with Crippen LogP contribution in [0.1, 0.15) is 30.9 Å². The van der Waals surface area contributed by atoms with Gasteiger partial charge in [-0.25, -0.2) is 0 Å². The van der Waals surface area contributed by atoms with E-state index in [0.29, 0.717) is 12.5 Å². The third-order valence-electron chi connectivity index (χ3n) is 3.25. The number of rotatable bonds is 2. The Hall–Kier alpha value is -1.51. The Bertz CT molecular complexity index is 426. The summed E-state index contributed by atoms with van der Waals surface area (Å²) in [5.74, 6) is 0.601. The monoisotopic (exact) mass is 232 g/mol. The number of benzene rings is 1. The highest BCUT2D eigenvalue weighted by Gasteiger charge is 2.21. The molecule has 1 aliphatic heterocycles. The van der Waals surface area contributed by atoms with Crippen LogP contribution >= 0.6 is 0 Å². The minimum Gasteiger partial charge on any atom is -0.360 e. The van der Waals surface area contributed by atoms with Gasteiger partial charge in [-0.2, -0.15) is 0 Å². The predicted octanol–water partition coefficient (Wildman–Crippen LogP) is 2.05. The second-order valence-corrected chi connectivity index (χ2v) is 4.94. The van der Waals surface area contributed by atoms with Crippen LogP contribution in [-0.4, -0.2) is 25.5 Å². The van der Waals surface area contributed by atoms with Gasteiger partial charge < -0.3 is 10.2 Å². The molecule has 2 rings (SSSR count). The van der Waals surface area contributed by atoms with Gasteiger partial charge in [0.05, 0.1) is 6.54 Å². The van der Waals surface area contributed by atoms with Gasteiger partial charge in [0, 0.05) is 18.8 Å². The molecule has 0 aromatic heterocycles. The number of nitrogens with one attached hydrogen (secondary N) is 1. The molecule has 0 unspecified atom stereocenters. The predicted molar refractivity (Wildman–Crippen MR) is 70.5 cm³/mol. The molecular weight excluding hydrogens is 212 g/mol. The molecule has 3 heteroatoms. The molecule has 92 valence electrons. The largest absolute Gasteiger partial charge is 0.360 e. The number of aryl methyl sites for hydroxylation is 1. The lowest BCUT2D eigenvalue weighted by Crippen LogP contribution is -2.48. The van der Waals surface area contributed by atoms with Crippen molar-refractivity contribution in [3.8, 4) is 0 Å². The van der Waals surface area contributed by atoms with Crippen LogP contribution in [0.3, 0.4) is 0 Å².